The maximum atomic E-state index is 4.20. The molecule has 1 aliphatic heterocycles. The SMILES string of the molecule is C=C(c1ccc(C)cc1)N1CCC(NC)C1.CC. The van der Waals surface area contributed by atoms with Crippen LogP contribution in [-0.4, -0.2) is 31.1 Å². The predicted molar refractivity (Wildman–Crippen MR) is 80.6 cm³/mol. The molecule has 2 rings (SSSR count). The second-order valence-corrected chi connectivity index (χ2v) is 4.53. The molecule has 1 N–H and O–H groups in total. The van der Waals surface area contributed by atoms with E-state index in [1.807, 2.05) is 20.9 Å². The number of nitrogens with zero attached hydrogens (tertiary/aromatic N) is 1. The quantitative estimate of drug-likeness (QED) is 0.880. The van der Waals surface area contributed by atoms with Gasteiger partial charge in [0.2, 0.25) is 0 Å². The van der Waals surface area contributed by atoms with Crippen molar-refractivity contribution in [3.8, 4) is 0 Å². The second-order valence-electron chi connectivity index (χ2n) is 4.53. The summed E-state index contributed by atoms with van der Waals surface area (Å²) in [5.41, 5.74) is 3.69. The van der Waals surface area contributed by atoms with Gasteiger partial charge in [-0.05, 0) is 26.0 Å². The van der Waals surface area contributed by atoms with Gasteiger partial charge in [0, 0.05) is 24.8 Å². The van der Waals surface area contributed by atoms with Crippen molar-refractivity contribution in [2.45, 2.75) is 33.2 Å². The first-order chi connectivity index (χ1) is 8.70. The van der Waals surface area contributed by atoms with Crippen molar-refractivity contribution in [2.24, 2.45) is 0 Å². The van der Waals surface area contributed by atoms with E-state index in [0.717, 1.165) is 18.8 Å². The van der Waals surface area contributed by atoms with Crippen molar-refractivity contribution in [2.75, 3.05) is 20.1 Å². The van der Waals surface area contributed by atoms with Crippen LogP contribution in [0.25, 0.3) is 5.70 Å². The molecule has 0 bridgehead atoms. The van der Waals surface area contributed by atoms with Crippen LogP contribution in [0.5, 0.6) is 0 Å². The van der Waals surface area contributed by atoms with Gasteiger partial charge in [-0.2, -0.15) is 0 Å². The number of hydrogen-bond donors (Lipinski definition) is 1. The van der Waals surface area contributed by atoms with Gasteiger partial charge in [0.25, 0.3) is 0 Å². The molecule has 1 aromatic carbocycles. The number of likely N-dealkylation sites (tertiary alicyclic amines) is 1. The Morgan fingerprint density at radius 2 is 1.89 bits per heavy atom. The third-order valence-electron chi connectivity index (χ3n) is 3.36. The zero-order valence-corrected chi connectivity index (χ0v) is 12.2. The smallest absolute Gasteiger partial charge is 0.0367 e. The van der Waals surface area contributed by atoms with E-state index in [1.165, 1.54) is 17.5 Å². The zero-order valence-electron chi connectivity index (χ0n) is 12.2. The summed E-state index contributed by atoms with van der Waals surface area (Å²) < 4.78 is 0. The summed E-state index contributed by atoms with van der Waals surface area (Å²) in [6.07, 6.45) is 1.21. The van der Waals surface area contributed by atoms with Crippen LogP contribution >= 0.6 is 0 Å². The molecule has 2 nitrogen and oxygen atoms in total. The van der Waals surface area contributed by atoms with Gasteiger partial charge in [-0.15, -0.1) is 0 Å². The predicted octanol–water partition coefficient (Wildman–Crippen LogP) is 3.29. The fourth-order valence-electron chi connectivity index (χ4n) is 2.17. The summed E-state index contributed by atoms with van der Waals surface area (Å²) in [6, 6.07) is 9.22. The van der Waals surface area contributed by atoms with Crippen molar-refractivity contribution in [3.63, 3.8) is 0 Å². The van der Waals surface area contributed by atoms with E-state index < -0.39 is 0 Å². The highest BCUT2D eigenvalue weighted by Gasteiger charge is 2.22. The Kier molecular flexibility index (Phi) is 5.93. The van der Waals surface area contributed by atoms with E-state index in [-0.39, 0.29) is 0 Å². The number of nitrogens with one attached hydrogen (secondary N) is 1. The molecule has 0 aromatic heterocycles. The molecule has 1 saturated heterocycles. The van der Waals surface area contributed by atoms with E-state index in [0.29, 0.717) is 6.04 Å². The minimum Gasteiger partial charge on any atom is -0.370 e. The summed E-state index contributed by atoms with van der Waals surface area (Å²) >= 11 is 0. The molecule has 100 valence electrons. The number of rotatable bonds is 3. The highest BCUT2D eigenvalue weighted by atomic mass is 15.2. The van der Waals surface area contributed by atoms with Gasteiger partial charge >= 0.3 is 0 Å². The van der Waals surface area contributed by atoms with Crippen molar-refractivity contribution < 1.29 is 0 Å². The van der Waals surface area contributed by atoms with Gasteiger partial charge in [-0.3, -0.25) is 0 Å². The minimum absolute atomic E-state index is 0.613. The van der Waals surface area contributed by atoms with E-state index >= 15 is 0 Å². The average Bonchev–Trinajstić information content (AvgIpc) is 2.90. The molecular formula is C16H26N2. The van der Waals surface area contributed by atoms with Gasteiger partial charge in [-0.25, -0.2) is 0 Å². The fraction of sp³-hybridized carbons (Fsp3) is 0.500. The Bertz CT molecular complexity index is 367. The first-order valence-electron chi connectivity index (χ1n) is 6.89. The largest absolute Gasteiger partial charge is 0.370 e. The highest BCUT2D eigenvalue weighted by molar-refractivity contribution is 5.62. The van der Waals surface area contributed by atoms with Crippen LogP contribution in [0.15, 0.2) is 30.8 Å². The number of benzene rings is 1. The number of hydrogen-bond acceptors (Lipinski definition) is 2. The molecule has 1 heterocycles. The summed E-state index contributed by atoms with van der Waals surface area (Å²) in [7, 11) is 2.03. The molecule has 0 saturated carbocycles. The Hall–Kier alpha value is -1.28. The molecule has 1 atom stereocenters. The van der Waals surface area contributed by atoms with Gasteiger partial charge in [0.1, 0.15) is 0 Å². The molecule has 18 heavy (non-hydrogen) atoms. The van der Waals surface area contributed by atoms with Crippen molar-refractivity contribution >= 4 is 5.70 Å². The average molecular weight is 246 g/mol. The van der Waals surface area contributed by atoms with E-state index in [9.17, 15) is 0 Å². The van der Waals surface area contributed by atoms with Crippen molar-refractivity contribution in [3.05, 3.63) is 42.0 Å². The molecule has 1 unspecified atom stereocenters. The lowest BCUT2D eigenvalue weighted by Crippen LogP contribution is -2.28. The van der Waals surface area contributed by atoms with Crippen LogP contribution in [0, 0.1) is 6.92 Å². The number of likely N-dealkylation sites (N-methyl/N-ethyl adjacent to an activating group) is 1. The Labute approximate surface area is 112 Å². The monoisotopic (exact) mass is 246 g/mol. The Morgan fingerprint density at radius 1 is 1.28 bits per heavy atom. The Balaban J connectivity index is 0.000000771. The second kappa shape index (κ2) is 7.22. The van der Waals surface area contributed by atoms with Crippen LogP contribution in [0.2, 0.25) is 0 Å². The van der Waals surface area contributed by atoms with Gasteiger partial charge in [0.15, 0.2) is 0 Å². The van der Waals surface area contributed by atoms with Crippen LogP contribution < -0.4 is 5.32 Å². The molecular weight excluding hydrogens is 220 g/mol. The normalized spacial score (nSPS) is 18.2. The maximum absolute atomic E-state index is 4.20. The van der Waals surface area contributed by atoms with Crippen LogP contribution in [0.4, 0.5) is 0 Å². The van der Waals surface area contributed by atoms with Gasteiger partial charge in [0.05, 0.1) is 0 Å². The molecule has 1 aliphatic rings. The van der Waals surface area contributed by atoms with E-state index in [2.05, 4.69) is 48.0 Å². The maximum Gasteiger partial charge on any atom is 0.0367 e. The lowest BCUT2D eigenvalue weighted by Gasteiger charge is -2.21. The third-order valence-corrected chi connectivity index (χ3v) is 3.36. The van der Waals surface area contributed by atoms with Gasteiger partial charge < -0.3 is 10.2 Å². The summed E-state index contributed by atoms with van der Waals surface area (Å²) in [4.78, 5) is 2.37. The summed E-state index contributed by atoms with van der Waals surface area (Å²) in [6.45, 7) is 12.5. The molecule has 1 aromatic rings. The molecule has 0 radical (unpaired) electrons. The van der Waals surface area contributed by atoms with E-state index in [1.54, 1.807) is 0 Å². The molecule has 1 fully saturated rings. The number of aryl methyl sites for hydroxylation is 1. The third kappa shape index (κ3) is 3.61. The Morgan fingerprint density at radius 3 is 2.39 bits per heavy atom. The highest BCUT2D eigenvalue weighted by Crippen LogP contribution is 2.22. The van der Waals surface area contributed by atoms with Gasteiger partial charge in [-0.1, -0.05) is 50.3 Å². The first-order valence-corrected chi connectivity index (χ1v) is 6.89. The topological polar surface area (TPSA) is 15.3 Å². The molecule has 0 amide bonds. The van der Waals surface area contributed by atoms with Crippen molar-refractivity contribution in [1.82, 2.24) is 10.2 Å². The summed E-state index contributed by atoms with van der Waals surface area (Å²) in [5, 5.41) is 3.33. The zero-order chi connectivity index (χ0) is 13.5. The van der Waals surface area contributed by atoms with Crippen LogP contribution in [-0.2, 0) is 0 Å². The lowest BCUT2D eigenvalue weighted by atomic mass is 10.1. The standard InChI is InChI=1S/C14H20N2.C2H6/c1-11-4-6-13(7-5-11)12(2)16-9-8-14(10-16)15-3;1-2/h4-7,14-15H,2,8-10H2,1,3H3;1-2H3. The molecule has 2 heteroatoms. The van der Waals surface area contributed by atoms with E-state index in [4.69, 9.17) is 0 Å². The molecule has 0 spiro atoms. The van der Waals surface area contributed by atoms with Crippen molar-refractivity contribution in [1.29, 1.82) is 0 Å². The fourth-order valence-corrected chi connectivity index (χ4v) is 2.17. The molecule has 0 aliphatic carbocycles. The van der Waals surface area contributed by atoms with Crippen LogP contribution in [0.3, 0.4) is 0 Å². The van der Waals surface area contributed by atoms with Crippen LogP contribution in [0.1, 0.15) is 31.4 Å². The first kappa shape index (κ1) is 14.8. The minimum atomic E-state index is 0.613. The summed E-state index contributed by atoms with van der Waals surface area (Å²) in [5.74, 6) is 0. The lowest BCUT2D eigenvalue weighted by molar-refractivity contribution is 0.472.